The number of nitrogens with one attached hydrogen (secondary N) is 1. The van der Waals surface area contributed by atoms with Crippen LogP contribution in [-0.2, 0) is 16.2 Å². The molecule has 0 bridgehead atoms. The number of nitrogens with zero attached hydrogens (tertiary/aromatic N) is 1. The van der Waals surface area contributed by atoms with Crippen molar-refractivity contribution < 1.29 is 33.4 Å². The number of anilines is 1. The molecule has 0 unspecified atom stereocenters. The quantitative estimate of drug-likeness (QED) is 0.428. The fourth-order valence-corrected chi connectivity index (χ4v) is 3.29. The molecule has 1 heterocycles. The Morgan fingerprint density at radius 3 is 2.44 bits per heavy atom. The van der Waals surface area contributed by atoms with Crippen molar-refractivity contribution in [3.8, 4) is 5.75 Å². The summed E-state index contributed by atoms with van der Waals surface area (Å²) in [5.74, 6) is -2.91. The van der Waals surface area contributed by atoms with Gasteiger partial charge in [-0.1, -0.05) is 30.3 Å². The zero-order valence-electron chi connectivity index (χ0n) is 17.5. The third-order valence-electron chi connectivity index (χ3n) is 4.94. The number of rotatable bonds is 6. The van der Waals surface area contributed by atoms with Crippen LogP contribution in [0, 0.1) is 5.82 Å². The first-order valence-electron chi connectivity index (χ1n) is 10.0. The van der Waals surface area contributed by atoms with E-state index in [1.165, 1.54) is 36.4 Å². The Labute approximate surface area is 192 Å². The van der Waals surface area contributed by atoms with Crippen LogP contribution in [0.1, 0.15) is 21.5 Å². The topological polar surface area (TPSA) is 113 Å². The number of carboxylic acids is 1. The molecule has 34 heavy (non-hydrogen) atoms. The van der Waals surface area contributed by atoms with E-state index in [0.29, 0.717) is 21.8 Å². The van der Waals surface area contributed by atoms with Crippen LogP contribution in [0.15, 0.2) is 78.4 Å². The normalized spacial score (nSPS) is 14.8. The number of halogens is 1. The minimum atomic E-state index is -1.03. The molecule has 0 spiro atoms. The average molecular weight is 460 g/mol. The van der Waals surface area contributed by atoms with E-state index in [0.717, 1.165) is 6.07 Å². The molecule has 1 aliphatic heterocycles. The largest absolute Gasteiger partial charge is 0.489 e. The maximum absolute atomic E-state index is 13.6. The van der Waals surface area contributed by atoms with E-state index in [9.17, 15) is 23.6 Å². The molecule has 3 aromatic rings. The molecule has 0 aliphatic carbocycles. The lowest BCUT2D eigenvalue weighted by Crippen LogP contribution is -2.54. The first-order chi connectivity index (χ1) is 16.3. The van der Waals surface area contributed by atoms with Crippen LogP contribution >= 0.6 is 0 Å². The van der Waals surface area contributed by atoms with Gasteiger partial charge in [0.2, 0.25) is 0 Å². The number of hydrogen-bond donors (Lipinski definition) is 2. The van der Waals surface area contributed by atoms with Gasteiger partial charge in [0.05, 0.1) is 11.3 Å². The van der Waals surface area contributed by atoms with Crippen molar-refractivity contribution in [3.63, 3.8) is 0 Å². The van der Waals surface area contributed by atoms with E-state index in [1.807, 2.05) is 0 Å². The second-order valence-corrected chi connectivity index (χ2v) is 7.30. The van der Waals surface area contributed by atoms with Gasteiger partial charge in [-0.25, -0.2) is 18.9 Å². The molecule has 1 saturated heterocycles. The number of imide groups is 2. The SMILES string of the molecule is O=C1NC(=O)N(c2cccc(F)c2)C(=O)/C1=C/c1ccc(OCc2cccc(C(=O)O)c2)cc1. The summed E-state index contributed by atoms with van der Waals surface area (Å²) in [6, 6.07) is 16.8. The van der Waals surface area contributed by atoms with Gasteiger partial charge in [-0.2, -0.15) is 0 Å². The first-order valence-corrected chi connectivity index (χ1v) is 10.0. The lowest BCUT2D eigenvalue weighted by atomic mass is 10.1. The minimum absolute atomic E-state index is 0.00313. The molecule has 0 aromatic heterocycles. The Hall–Kier alpha value is -4.79. The molecule has 2 N–H and O–H groups in total. The number of amides is 4. The van der Waals surface area contributed by atoms with Crippen molar-refractivity contribution in [2.24, 2.45) is 0 Å². The number of aromatic carboxylic acids is 1. The molecule has 3 aromatic carbocycles. The number of carboxylic acid groups (broad SMARTS) is 1. The van der Waals surface area contributed by atoms with Crippen molar-refractivity contribution in [2.75, 3.05) is 4.90 Å². The first kappa shape index (κ1) is 22.4. The van der Waals surface area contributed by atoms with Crippen LogP contribution in [0.5, 0.6) is 5.75 Å². The Balaban J connectivity index is 1.50. The maximum Gasteiger partial charge on any atom is 0.335 e. The molecule has 8 nitrogen and oxygen atoms in total. The number of carbonyl (C=O) groups excluding carboxylic acids is 3. The second kappa shape index (κ2) is 9.37. The summed E-state index contributed by atoms with van der Waals surface area (Å²) in [6.45, 7) is 0.146. The lowest BCUT2D eigenvalue weighted by molar-refractivity contribution is -0.122. The Morgan fingerprint density at radius 1 is 1.00 bits per heavy atom. The van der Waals surface area contributed by atoms with Gasteiger partial charge in [0, 0.05) is 0 Å². The number of barbiturate groups is 1. The molecular formula is C25H17FN2O6. The van der Waals surface area contributed by atoms with Crippen LogP contribution in [0.3, 0.4) is 0 Å². The molecule has 4 rings (SSSR count). The van der Waals surface area contributed by atoms with Crippen LogP contribution in [0.25, 0.3) is 6.08 Å². The molecule has 0 radical (unpaired) electrons. The second-order valence-electron chi connectivity index (χ2n) is 7.30. The summed E-state index contributed by atoms with van der Waals surface area (Å²) in [5.41, 5.74) is 1.04. The van der Waals surface area contributed by atoms with Crippen molar-refractivity contribution in [3.05, 3.63) is 101 Å². The summed E-state index contributed by atoms with van der Waals surface area (Å²) in [6.07, 6.45) is 1.32. The van der Waals surface area contributed by atoms with Crippen LogP contribution < -0.4 is 15.0 Å². The molecule has 1 aliphatic rings. The molecule has 170 valence electrons. The molecule has 1 fully saturated rings. The van der Waals surface area contributed by atoms with Crippen molar-refractivity contribution >= 4 is 35.6 Å². The van der Waals surface area contributed by atoms with Gasteiger partial charge in [-0.15, -0.1) is 0 Å². The number of ether oxygens (including phenoxy) is 1. The zero-order chi connectivity index (χ0) is 24.2. The monoisotopic (exact) mass is 460 g/mol. The number of urea groups is 1. The highest BCUT2D eigenvalue weighted by Crippen LogP contribution is 2.23. The lowest BCUT2D eigenvalue weighted by Gasteiger charge is -2.26. The summed E-state index contributed by atoms with van der Waals surface area (Å²) in [7, 11) is 0. The molecule has 0 saturated carbocycles. The van der Waals surface area contributed by atoms with Gasteiger partial charge in [-0.3, -0.25) is 14.9 Å². The maximum atomic E-state index is 13.6. The Kier molecular flexibility index (Phi) is 6.18. The summed E-state index contributed by atoms with van der Waals surface area (Å²) in [4.78, 5) is 49.1. The fraction of sp³-hybridized carbons (Fsp3) is 0.0400. The zero-order valence-corrected chi connectivity index (χ0v) is 17.5. The van der Waals surface area contributed by atoms with E-state index in [4.69, 9.17) is 9.84 Å². The van der Waals surface area contributed by atoms with Gasteiger partial charge in [-0.05, 0) is 59.7 Å². The highest BCUT2D eigenvalue weighted by atomic mass is 19.1. The molecule has 9 heteroatoms. The third-order valence-corrected chi connectivity index (χ3v) is 4.94. The molecule has 0 atom stereocenters. The fourth-order valence-electron chi connectivity index (χ4n) is 3.29. The summed E-state index contributed by atoms with van der Waals surface area (Å²) >= 11 is 0. The van der Waals surface area contributed by atoms with E-state index < -0.39 is 29.6 Å². The third kappa shape index (κ3) is 4.83. The van der Waals surface area contributed by atoms with Crippen molar-refractivity contribution in [2.45, 2.75) is 6.61 Å². The summed E-state index contributed by atoms with van der Waals surface area (Å²) < 4.78 is 19.2. The predicted molar refractivity (Wildman–Crippen MR) is 120 cm³/mol. The summed E-state index contributed by atoms with van der Waals surface area (Å²) in [5, 5.41) is 11.1. The number of benzene rings is 3. The highest BCUT2D eigenvalue weighted by molar-refractivity contribution is 6.39. The number of hydrogen-bond acceptors (Lipinski definition) is 5. The average Bonchev–Trinajstić information content (AvgIpc) is 2.81. The van der Waals surface area contributed by atoms with Gasteiger partial charge >= 0.3 is 12.0 Å². The van der Waals surface area contributed by atoms with E-state index in [-0.39, 0.29) is 23.4 Å². The highest BCUT2D eigenvalue weighted by Gasteiger charge is 2.36. The van der Waals surface area contributed by atoms with Crippen LogP contribution in [0.2, 0.25) is 0 Å². The van der Waals surface area contributed by atoms with Gasteiger partial charge in [0.15, 0.2) is 0 Å². The van der Waals surface area contributed by atoms with Gasteiger partial charge < -0.3 is 9.84 Å². The van der Waals surface area contributed by atoms with Crippen LogP contribution in [-0.4, -0.2) is 28.9 Å². The van der Waals surface area contributed by atoms with Crippen LogP contribution in [0.4, 0.5) is 14.9 Å². The van der Waals surface area contributed by atoms with E-state index in [1.54, 1.807) is 36.4 Å². The predicted octanol–water partition coefficient (Wildman–Crippen LogP) is 3.77. The Morgan fingerprint density at radius 2 is 1.74 bits per heavy atom. The Bertz CT molecular complexity index is 1330. The van der Waals surface area contributed by atoms with Crippen molar-refractivity contribution in [1.82, 2.24) is 5.32 Å². The standard InChI is InChI=1S/C25H17FN2O6/c26-18-5-2-6-19(13-18)28-23(30)21(22(29)27-25(28)33)12-15-7-9-20(10-8-15)34-14-16-3-1-4-17(11-16)24(31)32/h1-13H,14H2,(H,31,32)(H,27,29,33)/b21-12+. The molecular weight excluding hydrogens is 443 g/mol. The van der Waals surface area contributed by atoms with E-state index >= 15 is 0 Å². The van der Waals surface area contributed by atoms with Gasteiger partial charge in [0.25, 0.3) is 11.8 Å². The van der Waals surface area contributed by atoms with E-state index in [2.05, 4.69) is 5.32 Å². The van der Waals surface area contributed by atoms with Gasteiger partial charge in [0.1, 0.15) is 23.7 Å². The smallest absolute Gasteiger partial charge is 0.335 e. The minimum Gasteiger partial charge on any atom is -0.489 e. The van der Waals surface area contributed by atoms with Crippen molar-refractivity contribution in [1.29, 1.82) is 0 Å². The number of carbonyl (C=O) groups is 4. The molecule has 4 amide bonds.